The van der Waals surface area contributed by atoms with E-state index in [0.29, 0.717) is 42.6 Å². The summed E-state index contributed by atoms with van der Waals surface area (Å²) in [7, 11) is 1.62. The first kappa shape index (κ1) is 21.9. The Kier molecular flexibility index (Phi) is 6.45. The second-order valence-corrected chi connectivity index (χ2v) is 7.99. The minimum Gasteiger partial charge on any atom is -0.497 e. The number of para-hydroxylation sites is 1. The fraction of sp³-hybridized carbons (Fsp3) is 0.292. The van der Waals surface area contributed by atoms with Crippen molar-refractivity contribution in [1.29, 1.82) is 5.26 Å². The summed E-state index contributed by atoms with van der Waals surface area (Å²) in [4.78, 5) is 17.1. The van der Waals surface area contributed by atoms with Crippen LogP contribution in [0.4, 0.5) is 0 Å². The van der Waals surface area contributed by atoms with E-state index < -0.39 is 0 Å². The van der Waals surface area contributed by atoms with Crippen molar-refractivity contribution < 1.29 is 9.53 Å². The van der Waals surface area contributed by atoms with Crippen molar-refractivity contribution in [3.63, 3.8) is 0 Å². The number of benzene rings is 2. The molecule has 1 saturated heterocycles. The third-order valence-corrected chi connectivity index (χ3v) is 6.09. The zero-order valence-corrected chi connectivity index (χ0v) is 18.8. The summed E-state index contributed by atoms with van der Waals surface area (Å²) in [5, 5.41) is 14.6. The summed E-state index contributed by atoms with van der Waals surface area (Å²) in [6.45, 7) is 4.02. The van der Waals surface area contributed by atoms with Crippen LogP contribution >= 0.6 is 11.6 Å². The van der Waals surface area contributed by atoms with Gasteiger partial charge in [0.05, 0.1) is 30.1 Å². The fourth-order valence-electron chi connectivity index (χ4n) is 3.98. The van der Waals surface area contributed by atoms with Crippen LogP contribution < -0.4 is 4.74 Å². The molecule has 0 bridgehead atoms. The Labute approximate surface area is 192 Å². The van der Waals surface area contributed by atoms with E-state index in [1.54, 1.807) is 23.6 Å². The van der Waals surface area contributed by atoms with E-state index in [2.05, 4.69) is 16.1 Å². The lowest BCUT2D eigenvalue weighted by Gasteiger charge is -2.37. The number of piperazine rings is 1. The van der Waals surface area contributed by atoms with E-state index in [9.17, 15) is 10.1 Å². The molecule has 0 N–H and O–H groups in total. The van der Waals surface area contributed by atoms with E-state index in [-0.39, 0.29) is 11.9 Å². The van der Waals surface area contributed by atoms with Crippen molar-refractivity contribution in [3.05, 3.63) is 76.6 Å². The number of amides is 1. The van der Waals surface area contributed by atoms with Crippen molar-refractivity contribution in [3.8, 4) is 17.5 Å². The standard InChI is InChI=1S/C24H24ClN5O2/c1-17-22(23(25)30(27-17)19-6-4-3-5-7-19)24(31)29-14-12-28(13-15-29)21(16-26)18-8-10-20(32-2)11-9-18/h3-11,21H,12-15H2,1-2H3. The molecule has 1 fully saturated rings. The second kappa shape index (κ2) is 9.43. The maximum atomic E-state index is 13.3. The van der Waals surface area contributed by atoms with Crippen LogP contribution in [0.3, 0.4) is 0 Å². The number of ether oxygens (including phenoxy) is 1. The van der Waals surface area contributed by atoms with Gasteiger partial charge in [0.15, 0.2) is 0 Å². The second-order valence-electron chi connectivity index (χ2n) is 7.63. The van der Waals surface area contributed by atoms with Gasteiger partial charge in [-0.3, -0.25) is 9.69 Å². The number of hydrogen-bond donors (Lipinski definition) is 0. The number of aromatic nitrogens is 2. The Bertz CT molecular complexity index is 1130. The zero-order valence-electron chi connectivity index (χ0n) is 18.0. The van der Waals surface area contributed by atoms with Crippen LogP contribution in [0.1, 0.15) is 27.7 Å². The van der Waals surface area contributed by atoms with Crippen LogP contribution in [0.5, 0.6) is 5.75 Å². The number of nitrogens with zero attached hydrogens (tertiary/aromatic N) is 5. The number of aryl methyl sites for hydroxylation is 1. The lowest BCUT2D eigenvalue weighted by atomic mass is 10.1. The Balaban J connectivity index is 1.47. The molecule has 1 unspecified atom stereocenters. The summed E-state index contributed by atoms with van der Waals surface area (Å²) < 4.78 is 6.79. The van der Waals surface area contributed by atoms with Crippen LogP contribution in [-0.2, 0) is 0 Å². The highest BCUT2D eigenvalue weighted by Crippen LogP contribution is 2.27. The molecule has 7 nitrogen and oxygen atoms in total. The van der Waals surface area contributed by atoms with Crippen LogP contribution in [0, 0.1) is 18.3 Å². The molecule has 32 heavy (non-hydrogen) atoms. The molecule has 3 aromatic rings. The van der Waals surface area contributed by atoms with Gasteiger partial charge in [0, 0.05) is 26.2 Å². The average Bonchev–Trinajstić information content (AvgIpc) is 3.14. The maximum absolute atomic E-state index is 13.3. The number of methoxy groups -OCH3 is 1. The third kappa shape index (κ3) is 4.20. The van der Waals surface area contributed by atoms with Gasteiger partial charge in [-0.05, 0) is 36.8 Å². The highest BCUT2D eigenvalue weighted by atomic mass is 35.5. The zero-order chi connectivity index (χ0) is 22.7. The number of carbonyl (C=O) groups excluding carboxylic acids is 1. The molecule has 1 amide bonds. The van der Waals surface area contributed by atoms with Crippen molar-refractivity contribution >= 4 is 17.5 Å². The molecule has 2 heterocycles. The van der Waals surface area contributed by atoms with Gasteiger partial charge in [-0.25, -0.2) is 4.68 Å². The van der Waals surface area contributed by atoms with Crippen LogP contribution in [-0.4, -0.2) is 58.8 Å². The molecule has 0 aliphatic carbocycles. The molecule has 4 rings (SSSR count). The van der Waals surface area contributed by atoms with Crippen LogP contribution in [0.15, 0.2) is 54.6 Å². The highest BCUT2D eigenvalue weighted by Gasteiger charge is 2.30. The van der Waals surface area contributed by atoms with Gasteiger partial charge >= 0.3 is 0 Å². The van der Waals surface area contributed by atoms with E-state index >= 15 is 0 Å². The Morgan fingerprint density at radius 1 is 1.09 bits per heavy atom. The van der Waals surface area contributed by atoms with Crippen molar-refractivity contribution in [2.75, 3.05) is 33.3 Å². The van der Waals surface area contributed by atoms with E-state index in [1.165, 1.54) is 0 Å². The first-order chi connectivity index (χ1) is 15.5. The first-order valence-corrected chi connectivity index (χ1v) is 10.8. The largest absolute Gasteiger partial charge is 0.497 e. The molecule has 1 aliphatic rings. The average molecular weight is 450 g/mol. The number of halogens is 1. The Morgan fingerprint density at radius 3 is 2.34 bits per heavy atom. The lowest BCUT2D eigenvalue weighted by Crippen LogP contribution is -2.49. The van der Waals surface area contributed by atoms with Gasteiger partial charge in [0.2, 0.25) is 0 Å². The number of nitriles is 1. The van der Waals surface area contributed by atoms with Crippen LogP contribution in [0.25, 0.3) is 5.69 Å². The van der Waals surface area contributed by atoms with Gasteiger partial charge in [-0.2, -0.15) is 10.4 Å². The predicted octanol–water partition coefficient (Wildman–Crippen LogP) is 3.87. The molecular weight excluding hydrogens is 426 g/mol. The fourth-order valence-corrected chi connectivity index (χ4v) is 4.33. The molecule has 0 saturated carbocycles. The molecular formula is C24H24ClN5O2. The number of hydrogen-bond acceptors (Lipinski definition) is 5. The predicted molar refractivity (Wildman–Crippen MR) is 122 cm³/mol. The summed E-state index contributed by atoms with van der Waals surface area (Å²) in [5.74, 6) is 0.622. The normalized spacial score (nSPS) is 15.2. The minimum atomic E-state index is -0.371. The summed E-state index contributed by atoms with van der Waals surface area (Å²) in [6, 6.07) is 19.1. The molecule has 1 aromatic heterocycles. The van der Waals surface area contributed by atoms with Crippen molar-refractivity contribution in [2.45, 2.75) is 13.0 Å². The molecule has 8 heteroatoms. The Hall–Kier alpha value is -3.34. The van der Waals surface area contributed by atoms with Crippen molar-refractivity contribution in [2.24, 2.45) is 0 Å². The highest BCUT2D eigenvalue weighted by molar-refractivity contribution is 6.33. The van der Waals surface area contributed by atoms with Crippen LogP contribution in [0.2, 0.25) is 5.15 Å². The minimum absolute atomic E-state index is 0.132. The van der Waals surface area contributed by atoms with Gasteiger partial charge < -0.3 is 9.64 Å². The van der Waals surface area contributed by atoms with E-state index in [4.69, 9.17) is 16.3 Å². The quantitative estimate of drug-likeness (QED) is 0.591. The van der Waals surface area contributed by atoms with Gasteiger partial charge in [0.25, 0.3) is 5.91 Å². The van der Waals surface area contributed by atoms with Gasteiger partial charge in [-0.15, -0.1) is 0 Å². The third-order valence-electron chi connectivity index (χ3n) is 5.74. The van der Waals surface area contributed by atoms with E-state index in [1.807, 2.05) is 54.6 Å². The smallest absolute Gasteiger partial charge is 0.258 e. The summed E-state index contributed by atoms with van der Waals surface area (Å²) in [6.07, 6.45) is 0. The first-order valence-electron chi connectivity index (χ1n) is 10.4. The molecule has 0 spiro atoms. The molecule has 2 aromatic carbocycles. The molecule has 1 atom stereocenters. The number of carbonyl (C=O) groups is 1. The Morgan fingerprint density at radius 2 is 1.75 bits per heavy atom. The summed E-state index contributed by atoms with van der Waals surface area (Å²) >= 11 is 6.57. The van der Waals surface area contributed by atoms with Gasteiger partial charge in [-0.1, -0.05) is 41.9 Å². The topological polar surface area (TPSA) is 74.4 Å². The number of rotatable bonds is 5. The lowest BCUT2D eigenvalue weighted by molar-refractivity contribution is 0.0606. The summed E-state index contributed by atoms with van der Waals surface area (Å²) in [5.41, 5.74) is 2.74. The monoisotopic (exact) mass is 449 g/mol. The van der Waals surface area contributed by atoms with Gasteiger partial charge in [0.1, 0.15) is 16.9 Å². The van der Waals surface area contributed by atoms with E-state index in [0.717, 1.165) is 17.0 Å². The molecule has 164 valence electrons. The SMILES string of the molecule is COc1ccc(C(C#N)N2CCN(C(=O)c3c(C)nn(-c4ccccc4)c3Cl)CC2)cc1. The molecule has 1 aliphatic heterocycles. The maximum Gasteiger partial charge on any atom is 0.258 e. The van der Waals surface area contributed by atoms with Crippen molar-refractivity contribution in [1.82, 2.24) is 19.6 Å². The molecule has 0 radical (unpaired) electrons.